The highest BCUT2D eigenvalue weighted by atomic mass is 32.2. The van der Waals surface area contributed by atoms with Crippen LogP contribution in [0.4, 0.5) is 0 Å². The molecule has 0 radical (unpaired) electrons. The molecule has 0 aliphatic carbocycles. The number of ketones is 1. The second-order valence-electron chi connectivity index (χ2n) is 7.88. The smallest absolute Gasteiger partial charge is 0.251 e. The average Bonchev–Trinajstić information content (AvgIpc) is 3.53. The van der Waals surface area contributed by atoms with Crippen molar-refractivity contribution in [1.29, 1.82) is 0 Å². The van der Waals surface area contributed by atoms with Crippen LogP contribution in [0.25, 0.3) is 5.69 Å². The number of rotatable bonds is 9. The molecule has 0 unspecified atom stereocenters. The minimum absolute atomic E-state index is 0.0518. The average molecular weight is 460 g/mol. The number of furan rings is 1. The first-order valence-corrected chi connectivity index (χ1v) is 11.7. The highest BCUT2D eigenvalue weighted by Gasteiger charge is 2.13. The summed E-state index contributed by atoms with van der Waals surface area (Å²) in [5, 5.41) is 3.54. The monoisotopic (exact) mass is 459 g/mol. The Bertz CT molecular complexity index is 1230. The van der Waals surface area contributed by atoms with Crippen LogP contribution in [-0.2, 0) is 6.54 Å². The van der Waals surface area contributed by atoms with Gasteiger partial charge in [-0.15, -0.1) is 0 Å². The van der Waals surface area contributed by atoms with Crippen molar-refractivity contribution in [1.82, 2.24) is 14.9 Å². The molecular formula is C26H25N3O3S. The third kappa shape index (κ3) is 5.62. The van der Waals surface area contributed by atoms with Gasteiger partial charge >= 0.3 is 0 Å². The van der Waals surface area contributed by atoms with Gasteiger partial charge in [-0.05, 0) is 41.8 Å². The summed E-state index contributed by atoms with van der Waals surface area (Å²) >= 11 is 1.37. The first kappa shape index (κ1) is 22.6. The number of thioether (sulfide) groups is 1. The highest BCUT2D eigenvalue weighted by Crippen LogP contribution is 2.23. The quantitative estimate of drug-likeness (QED) is 0.264. The van der Waals surface area contributed by atoms with Crippen LogP contribution in [0.15, 0.2) is 88.9 Å². The van der Waals surface area contributed by atoms with E-state index in [2.05, 4.69) is 24.1 Å². The van der Waals surface area contributed by atoms with Crippen LogP contribution >= 0.6 is 11.8 Å². The summed E-state index contributed by atoms with van der Waals surface area (Å²) in [6, 6.07) is 18.7. The van der Waals surface area contributed by atoms with Gasteiger partial charge in [-0.1, -0.05) is 55.9 Å². The molecule has 0 fully saturated rings. The Morgan fingerprint density at radius 1 is 1.06 bits per heavy atom. The number of carbonyl (C=O) groups is 2. The van der Waals surface area contributed by atoms with Gasteiger partial charge in [-0.25, -0.2) is 4.98 Å². The predicted molar refractivity (Wildman–Crippen MR) is 129 cm³/mol. The summed E-state index contributed by atoms with van der Waals surface area (Å²) in [5.74, 6) is 1.26. The molecule has 0 aliphatic rings. The number of carbonyl (C=O) groups excluding carboxylic acids is 2. The lowest BCUT2D eigenvalue weighted by molar-refractivity contribution is 0.0947. The minimum atomic E-state index is -0.192. The fourth-order valence-corrected chi connectivity index (χ4v) is 4.21. The van der Waals surface area contributed by atoms with Gasteiger partial charge in [0.05, 0.1) is 18.6 Å². The number of hydrogen-bond acceptors (Lipinski definition) is 5. The molecule has 0 spiro atoms. The third-order valence-electron chi connectivity index (χ3n) is 5.23. The van der Waals surface area contributed by atoms with Crippen molar-refractivity contribution in [2.45, 2.75) is 31.5 Å². The highest BCUT2D eigenvalue weighted by molar-refractivity contribution is 7.99. The molecular weight excluding hydrogens is 434 g/mol. The van der Waals surface area contributed by atoms with E-state index in [1.54, 1.807) is 30.7 Å². The summed E-state index contributed by atoms with van der Waals surface area (Å²) in [6.07, 6.45) is 5.09. The number of amides is 1. The maximum Gasteiger partial charge on any atom is 0.251 e. The molecule has 33 heavy (non-hydrogen) atoms. The fourth-order valence-electron chi connectivity index (χ4n) is 3.34. The molecule has 168 valence electrons. The number of imidazole rings is 1. The second kappa shape index (κ2) is 10.4. The van der Waals surface area contributed by atoms with Crippen LogP contribution in [0, 0.1) is 0 Å². The van der Waals surface area contributed by atoms with Gasteiger partial charge in [0.25, 0.3) is 5.91 Å². The molecule has 4 rings (SSSR count). The summed E-state index contributed by atoms with van der Waals surface area (Å²) in [7, 11) is 0. The van der Waals surface area contributed by atoms with E-state index in [1.165, 1.54) is 17.3 Å². The van der Waals surface area contributed by atoms with E-state index in [0.717, 1.165) is 5.69 Å². The lowest BCUT2D eigenvalue weighted by Crippen LogP contribution is -2.22. The molecule has 0 aliphatic heterocycles. The van der Waals surface area contributed by atoms with Gasteiger partial charge in [-0.2, -0.15) is 0 Å². The second-order valence-corrected chi connectivity index (χ2v) is 8.82. The molecule has 0 atom stereocenters. The van der Waals surface area contributed by atoms with Crippen LogP contribution in [-0.4, -0.2) is 27.0 Å². The molecule has 0 bridgehead atoms. The molecule has 1 N–H and O–H groups in total. The predicted octanol–water partition coefficient (Wildman–Crippen LogP) is 5.49. The Morgan fingerprint density at radius 2 is 1.88 bits per heavy atom. The van der Waals surface area contributed by atoms with Crippen molar-refractivity contribution in [3.8, 4) is 5.69 Å². The van der Waals surface area contributed by atoms with E-state index in [0.29, 0.717) is 34.5 Å². The van der Waals surface area contributed by atoms with Gasteiger partial charge in [-0.3, -0.25) is 14.2 Å². The summed E-state index contributed by atoms with van der Waals surface area (Å²) in [6.45, 7) is 4.58. The first-order chi connectivity index (χ1) is 16.0. The zero-order valence-corrected chi connectivity index (χ0v) is 19.3. The van der Waals surface area contributed by atoms with E-state index in [1.807, 2.05) is 53.2 Å². The Balaban J connectivity index is 1.42. The van der Waals surface area contributed by atoms with Crippen LogP contribution in [0.1, 0.15) is 51.8 Å². The molecule has 2 aromatic heterocycles. The summed E-state index contributed by atoms with van der Waals surface area (Å²) < 4.78 is 7.13. The minimum Gasteiger partial charge on any atom is -0.467 e. The lowest BCUT2D eigenvalue weighted by Gasteiger charge is -2.10. The molecule has 0 saturated heterocycles. The Hall–Kier alpha value is -3.58. The number of aromatic nitrogens is 2. The Labute approximate surface area is 197 Å². The first-order valence-electron chi connectivity index (χ1n) is 10.7. The van der Waals surface area contributed by atoms with Gasteiger partial charge in [0, 0.05) is 29.2 Å². The van der Waals surface area contributed by atoms with E-state index in [4.69, 9.17) is 4.42 Å². The van der Waals surface area contributed by atoms with Crippen molar-refractivity contribution in [3.63, 3.8) is 0 Å². The molecule has 1 amide bonds. The number of Topliss-reactive ketones (excluding diaryl/α,β-unsaturated/α-hetero) is 1. The number of nitrogens with one attached hydrogen (secondary N) is 1. The zero-order valence-electron chi connectivity index (χ0n) is 18.5. The van der Waals surface area contributed by atoms with Crippen molar-refractivity contribution in [2.75, 3.05) is 5.75 Å². The summed E-state index contributed by atoms with van der Waals surface area (Å²) in [4.78, 5) is 29.6. The van der Waals surface area contributed by atoms with Crippen molar-refractivity contribution >= 4 is 23.5 Å². The van der Waals surface area contributed by atoms with Gasteiger partial charge < -0.3 is 9.73 Å². The van der Waals surface area contributed by atoms with Crippen LogP contribution in [0.3, 0.4) is 0 Å². The molecule has 2 aromatic carbocycles. The van der Waals surface area contributed by atoms with Gasteiger partial charge in [0.1, 0.15) is 5.76 Å². The van der Waals surface area contributed by atoms with Crippen LogP contribution in [0.5, 0.6) is 0 Å². The zero-order chi connectivity index (χ0) is 23.2. The maximum absolute atomic E-state index is 12.7. The topological polar surface area (TPSA) is 77.1 Å². The SMILES string of the molecule is CC(C)c1ccc(C(=O)CSc2nccn2-c2cccc(C(=O)NCc3ccco3)c2)cc1. The largest absolute Gasteiger partial charge is 0.467 e. The maximum atomic E-state index is 12.7. The fraction of sp³-hybridized carbons (Fsp3) is 0.192. The Kier molecular flexibility index (Phi) is 7.10. The number of benzene rings is 2. The van der Waals surface area contributed by atoms with E-state index in [-0.39, 0.29) is 17.4 Å². The summed E-state index contributed by atoms with van der Waals surface area (Å²) in [5.41, 5.74) is 3.24. The van der Waals surface area contributed by atoms with Gasteiger partial charge in [0.2, 0.25) is 0 Å². The molecule has 2 heterocycles. The number of nitrogens with zero attached hydrogens (tertiary/aromatic N) is 2. The van der Waals surface area contributed by atoms with Crippen molar-refractivity contribution in [3.05, 3.63) is 102 Å². The lowest BCUT2D eigenvalue weighted by atomic mass is 10.0. The molecule has 7 heteroatoms. The molecule has 6 nitrogen and oxygen atoms in total. The standard InChI is InChI=1S/C26H25N3O3S/c1-18(2)19-8-10-20(11-9-19)24(30)17-33-26-27-12-13-29(26)22-6-3-5-21(15-22)25(31)28-16-23-7-4-14-32-23/h3-15,18H,16-17H2,1-2H3,(H,28,31). The molecule has 4 aromatic rings. The van der Waals surface area contributed by atoms with Crippen LogP contribution < -0.4 is 5.32 Å². The van der Waals surface area contributed by atoms with Crippen LogP contribution in [0.2, 0.25) is 0 Å². The molecule has 0 saturated carbocycles. The third-order valence-corrected chi connectivity index (χ3v) is 6.20. The normalized spacial score (nSPS) is 11.0. The van der Waals surface area contributed by atoms with E-state index in [9.17, 15) is 9.59 Å². The van der Waals surface area contributed by atoms with Crippen molar-refractivity contribution in [2.24, 2.45) is 0 Å². The van der Waals surface area contributed by atoms with E-state index >= 15 is 0 Å². The number of hydrogen-bond donors (Lipinski definition) is 1. The van der Waals surface area contributed by atoms with Crippen molar-refractivity contribution < 1.29 is 14.0 Å². The Morgan fingerprint density at radius 3 is 2.61 bits per heavy atom. The van der Waals surface area contributed by atoms with E-state index < -0.39 is 0 Å². The van der Waals surface area contributed by atoms with Gasteiger partial charge in [0.15, 0.2) is 10.9 Å².